The molecule has 9 heteroatoms. The molecule has 1 aromatic heterocycles. The van der Waals surface area contributed by atoms with E-state index in [0.29, 0.717) is 25.1 Å². The lowest BCUT2D eigenvalue weighted by molar-refractivity contribution is 0.0633. The van der Waals surface area contributed by atoms with Crippen molar-refractivity contribution in [1.82, 2.24) is 19.9 Å². The van der Waals surface area contributed by atoms with Gasteiger partial charge >= 0.3 is 0 Å². The average molecular weight is 371 g/mol. The number of halogens is 1. The van der Waals surface area contributed by atoms with Crippen LogP contribution in [0.2, 0.25) is 5.28 Å². The van der Waals surface area contributed by atoms with E-state index in [-0.39, 0.29) is 10.8 Å². The number of piperazine rings is 1. The van der Waals surface area contributed by atoms with Crippen LogP contribution in [0.1, 0.15) is 13.8 Å². The molecule has 8 nitrogen and oxygen atoms in total. The predicted octanol–water partition coefficient (Wildman–Crippen LogP) is 0.909. The van der Waals surface area contributed by atoms with Crippen LogP contribution < -0.4 is 9.80 Å². The lowest BCUT2D eigenvalue weighted by atomic mass is 10.0. The first-order valence-electron chi connectivity index (χ1n) is 8.73. The number of hydrogen-bond acceptors (Lipinski definition) is 8. The first-order chi connectivity index (χ1) is 12.0. The van der Waals surface area contributed by atoms with Crippen LogP contribution in [0.3, 0.4) is 0 Å². The van der Waals surface area contributed by atoms with Gasteiger partial charge < -0.3 is 19.3 Å². The molecular formula is C16H27ClN6O2. The van der Waals surface area contributed by atoms with Crippen LogP contribution in [0.4, 0.5) is 11.9 Å². The predicted molar refractivity (Wildman–Crippen MR) is 97.6 cm³/mol. The van der Waals surface area contributed by atoms with Crippen LogP contribution in [0.25, 0.3) is 0 Å². The summed E-state index contributed by atoms with van der Waals surface area (Å²) in [6.07, 6.45) is 0. The second-order valence-electron chi connectivity index (χ2n) is 7.04. The van der Waals surface area contributed by atoms with Gasteiger partial charge in [-0.3, -0.25) is 4.90 Å². The molecule has 2 fully saturated rings. The molecule has 0 radical (unpaired) electrons. The van der Waals surface area contributed by atoms with Crippen molar-refractivity contribution >= 4 is 23.5 Å². The fourth-order valence-corrected chi connectivity index (χ4v) is 3.36. The Morgan fingerprint density at radius 3 is 2.48 bits per heavy atom. The summed E-state index contributed by atoms with van der Waals surface area (Å²) in [6.45, 7) is 11.7. The number of hydrogen-bond donors (Lipinski definition) is 0. The first-order valence-corrected chi connectivity index (χ1v) is 9.10. The van der Waals surface area contributed by atoms with Crippen molar-refractivity contribution in [1.29, 1.82) is 0 Å². The Labute approximate surface area is 154 Å². The minimum atomic E-state index is -0.168. The fraction of sp³-hybridized carbons (Fsp3) is 0.812. The smallest absolute Gasteiger partial charge is 0.232 e. The second kappa shape index (κ2) is 7.99. The molecule has 140 valence electrons. The number of aromatic nitrogens is 3. The molecule has 0 bridgehead atoms. The Balaban J connectivity index is 1.72. The van der Waals surface area contributed by atoms with E-state index < -0.39 is 0 Å². The summed E-state index contributed by atoms with van der Waals surface area (Å²) in [7, 11) is 1.73. The van der Waals surface area contributed by atoms with E-state index in [0.717, 1.165) is 45.9 Å². The minimum Gasteiger partial charge on any atom is -0.383 e. The highest BCUT2D eigenvalue weighted by Crippen LogP contribution is 2.26. The zero-order valence-electron chi connectivity index (χ0n) is 15.2. The van der Waals surface area contributed by atoms with Gasteiger partial charge in [0.05, 0.1) is 25.4 Å². The van der Waals surface area contributed by atoms with Gasteiger partial charge in [-0.1, -0.05) is 0 Å². The van der Waals surface area contributed by atoms with E-state index >= 15 is 0 Å². The van der Waals surface area contributed by atoms with Gasteiger partial charge in [0.2, 0.25) is 17.2 Å². The molecule has 0 atom stereocenters. The number of methoxy groups -OCH3 is 1. The van der Waals surface area contributed by atoms with E-state index in [2.05, 4.69) is 38.5 Å². The highest BCUT2D eigenvalue weighted by molar-refractivity contribution is 6.28. The Kier molecular flexibility index (Phi) is 5.93. The van der Waals surface area contributed by atoms with Crippen molar-refractivity contribution in [2.45, 2.75) is 19.4 Å². The van der Waals surface area contributed by atoms with E-state index in [1.54, 1.807) is 7.11 Å². The van der Waals surface area contributed by atoms with Crippen molar-refractivity contribution in [2.24, 2.45) is 0 Å². The molecule has 2 aliphatic rings. The molecule has 0 saturated carbocycles. The Bertz CT molecular complexity index is 580. The molecule has 3 heterocycles. The second-order valence-corrected chi connectivity index (χ2v) is 7.38. The van der Waals surface area contributed by atoms with Crippen LogP contribution in [0.15, 0.2) is 0 Å². The summed E-state index contributed by atoms with van der Waals surface area (Å²) in [6, 6.07) is 0. The molecule has 0 unspecified atom stereocenters. The molecule has 3 rings (SSSR count). The lowest BCUT2D eigenvalue weighted by Crippen LogP contribution is -2.54. The average Bonchev–Trinajstić information content (AvgIpc) is 2.59. The molecular weight excluding hydrogens is 344 g/mol. The molecule has 0 aliphatic carbocycles. The zero-order valence-corrected chi connectivity index (χ0v) is 16.0. The molecule has 0 amide bonds. The quantitative estimate of drug-likeness (QED) is 0.757. The van der Waals surface area contributed by atoms with Crippen molar-refractivity contribution in [3.8, 4) is 0 Å². The Morgan fingerprint density at radius 1 is 1.08 bits per heavy atom. The van der Waals surface area contributed by atoms with Crippen LogP contribution in [0, 0.1) is 0 Å². The van der Waals surface area contributed by atoms with E-state index in [9.17, 15) is 0 Å². The van der Waals surface area contributed by atoms with Gasteiger partial charge in [0.15, 0.2) is 0 Å². The highest BCUT2D eigenvalue weighted by Gasteiger charge is 2.33. The maximum absolute atomic E-state index is 6.21. The van der Waals surface area contributed by atoms with E-state index in [1.807, 2.05) is 0 Å². The fourth-order valence-electron chi connectivity index (χ4n) is 3.21. The summed E-state index contributed by atoms with van der Waals surface area (Å²) in [5, 5.41) is 0.240. The van der Waals surface area contributed by atoms with Gasteiger partial charge in [0.1, 0.15) is 0 Å². The molecule has 25 heavy (non-hydrogen) atoms. The monoisotopic (exact) mass is 370 g/mol. The van der Waals surface area contributed by atoms with E-state index in [4.69, 9.17) is 26.1 Å². The molecule has 0 N–H and O–H groups in total. The number of ether oxygens (including phenoxy) is 2. The molecule has 2 aliphatic heterocycles. The SMILES string of the molecule is COCCN1CCN(c2nc(Cl)nc(N3CCOCC3(C)C)n2)CC1. The van der Waals surface area contributed by atoms with Crippen molar-refractivity contribution in [2.75, 3.05) is 76.0 Å². The normalized spacial score (nSPS) is 21.6. The number of nitrogens with zero attached hydrogens (tertiary/aromatic N) is 6. The maximum atomic E-state index is 6.21. The van der Waals surface area contributed by atoms with Gasteiger partial charge in [0, 0.05) is 46.4 Å². The zero-order chi connectivity index (χ0) is 17.9. The molecule has 0 spiro atoms. The summed E-state index contributed by atoms with van der Waals surface area (Å²) in [4.78, 5) is 20.1. The Morgan fingerprint density at radius 2 is 1.80 bits per heavy atom. The van der Waals surface area contributed by atoms with Crippen LogP contribution >= 0.6 is 11.6 Å². The van der Waals surface area contributed by atoms with Crippen molar-refractivity contribution in [3.05, 3.63) is 5.28 Å². The Hall–Kier alpha value is -1.22. The summed E-state index contributed by atoms with van der Waals surface area (Å²) < 4.78 is 10.7. The lowest BCUT2D eigenvalue weighted by Gasteiger charge is -2.42. The van der Waals surface area contributed by atoms with E-state index in [1.165, 1.54) is 0 Å². The van der Waals surface area contributed by atoms with Gasteiger partial charge in [-0.15, -0.1) is 0 Å². The third-order valence-corrected chi connectivity index (χ3v) is 4.91. The van der Waals surface area contributed by atoms with Gasteiger partial charge in [-0.2, -0.15) is 15.0 Å². The summed E-state index contributed by atoms with van der Waals surface area (Å²) >= 11 is 6.21. The summed E-state index contributed by atoms with van der Waals surface area (Å²) in [5.74, 6) is 1.29. The van der Waals surface area contributed by atoms with Gasteiger partial charge in [-0.25, -0.2) is 0 Å². The highest BCUT2D eigenvalue weighted by atomic mass is 35.5. The first kappa shape index (κ1) is 18.6. The summed E-state index contributed by atoms with van der Waals surface area (Å²) in [5.41, 5.74) is -0.168. The minimum absolute atomic E-state index is 0.168. The number of morpholine rings is 1. The largest absolute Gasteiger partial charge is 0.383 e. The molecule has 1 aromatic rings. The van der Waals surface area contributed by atoms with Crippen LogP contribution in [-0.4, -0.2) is 91.6 Å². The maximum Gasteiger partial charge on any atom is 0.232 e. The third kappa shape index (κ3) is 4.49. The van der Waals surface area contributed by atoms with Gasteiger partial charge in [0.25, 0.3) is 0 Å². The van der Waals surface area contributed by atoms with Gasteiger partial charge in [-0.05, 0) is 25.4 Å². The molecule has 0 aromatic carbocycles. The van der Waals surface area contributed by atoms with Crippen LogP contribution in [-0.2, 0) is 9.47 Å². The topological polar surface area (TPSA) is 66.9 Å². The standard InChI is InChI=1S/C16H27ClN6O2/c1-16(2)12-25-11-9-23(16)15-19-13(17)18-14(20-15)22-6-4-21(5-7-22)8-10-24-3/h4-12H2,1-3H3. The van der Waals surface area contributed by atoms with Crippen molar-refractivity contribution in [3.63, 3.8) is 0 Å². The number of anilines is 2. The van der Waals surface area contributed by atoms with Crippen LogP contribution in [0.5, 0.6) is 0 Å². The third-order valence-electron chi connectivity index (χ3n) is 4.74. The molecule has 2 saturated heterocycles. The number of rotatable bonds is 5. The van der Waals surface area contributed by atoms with Crippen molar-refractivity contribution < 1.29 is 9.47 Å².